The van der Waals surface area contributed by atoms with E-state index in [1.807, 2.05) is 0 Å². The number of nitrogens with one attached hydrogen (secondary N) is 1. The first-order valence-electron chi connectivity index (χ1n) is 6.76. The molecule has 0 aromatic carbocycles. The van der Waals surface area contributed by atoms with Crippen LogP contribution in [0.2, 0.25) is 0 Å². The summed E-state index contributed by atoms with van der Waals surface area (Å²) in [7, 11) is 2.08. The van der Waals surface area contributed by atoms with Crippen molar-refractivity contribution in [1.82, 2.24) is 10.2 Å². The van der Waals surface area contributed by atoms with Gasteiger partial charge in [-0.25, -0.2) is 0 Å². The second-order valence-corrected chi connectivity index (χ2v) is 4.78. The van der Waals surface area contributed by atoms with E-state index in [-0.39, 0.29) is 11.9 Å². The lowest BCUT2D eigenvalue weighted by atomic mass is 10.1. The highest BCUT2D eigenvalue weighted by atomic mass is 16.2. The topological polar surface area (TPSA) is 58.4 Å². The summed E-state index contributed by atoms with van der Waals surface area (Å²) in [5.41, 5.74) is 5.78. The summed E-state index contributed by atoms with van der Waals surface area (Å²) in [6, 6.07) is 0.213. The Balaban J connectivity index is 3.70. The summed E-state index contributed by atoms with van der Waals surface area (Å²) in [4.78, 5) is 13.9. The highest BCUT2D eigenvalue weighted by Crippen LogP contribution is 1.99. The highest BCUT2D eigenvalue weighted by molar-refractivity contribution is 5.81. The van der Waals surface area contributed by atoms with Gasteiger partial charge in [-0.1, -0.05) is 26.7 Å². The molecule has 0 aromatic heterocycles. The van der Waals surface area contributed by atoms with Crippen LogP contribution in [0.4, 0.5) is 0 Å². The highest BCUT2D eigenvalue weighted by Gasteiger charge is 2.12. The predicted octanol–water partition coefficient (Wildman–Crippen LogP) is 1.35. The summed E-state index contributed by atoms with van der Waals surface area (Å²) in [6.07, 6.45) is 4.00. The number of hydrogen-bond donors (Lipinski definition) is 2. The number of hydrogen-bond acceptors (Lipinski definition) is 3. The van der Waals surface area contributed by atoms with Gasteiger partial charge >= 0.3 is 0 Å². The molecule has 1 amide bonds. The van der Waals surface area contributed by atoms with Crippen LogP contribution in [-0.2, 0) is 4.79 Å². The minimum Gasteiger partial charge on any atom is -0.353 e. The minimum absolute atomic E-state index is 0.0176. The van der Waals surface area contributed by atoms with E-state index in [1.54, 1.807) is 0 Å². The van der Waals surface area contributed by atoms with Gasteiger partial charge in [0.15, 0.2) is 0 Å². The van der Waals surface area contributed by atoms with Gasteiger partial charge in [0.05, 0.1) is 6.04 Å². The molecule has 0 aliphatic carbocycles. The Hall–Kier alpha value is -0.610. The van der Waals surface area contributed by atoms with Crippen molar-refractivity contribution >= 4 is 5.91 Å². The van der Waals surface area contributed by atoms with Crippen molar-refractivity contribution in [2.75, 3.05) is 20.1 Å². The normalized spacial score (nSPS) is 14.7. The van der Waals surface area contributed by atoms with Crippen LogP contribution in [0.25, 0.3) is 0 Å². The molecular formula is C13H29N3O. The van der Waals surface area contributed by atoms with E-state index in [1.165, 1.54) is 0 Å². The molecule has 0 aliphatic rings. The number of amides is 1. The quantitative estimate of drug-likeness (QED) is 0.643. The summed E-state index contributed by atoms with van der Waals surface area (Å²) in [5, 5.41) is 2.90. The van der Waals surface area contributed by atoms with Crippen molar-refractivity contribution in [3.63, 3.8) is 0 Å². The van der Waals surface area contributed by atoms with Crippen LogP contribution in [0.3, 0.4) is 0 Å². The Morgan fingerprint density at radius 1 is 1.41 bits per heavy atom. The van der Waals surface area contributed by atoms with E-state index >= 15 is 0 Å². The molecule has 0 aromatic rings. The zero-order valence-corrected chi connectivity index (χ0v) is 11.8. The SMILES string of the molecule is CCCCC(N)C(=O)NCCN(C)C(C)CC. The van der Waals surface area contributed by atoms with Gasteiger partial charge in [-0.3, -0.25) is 4.79 Å². The smallest absolute Gasteiger partial charge is 0.236 e. The summed E-state index contributed by atoms with van der Waals surface area (Å²) < 4.78 is 0. The number of rotatable bonds is 9. The van der Waals surface area contributed by atoms with Crippen molar-refractivity contribution in [2.24, 2.45) is 5.73 Å². The van der Waals surface area contributed by atoms with Crippen molar-refractivity contribution < 1.29 is 4.79 Å². The molecule has 4 heteroatoms. The fourth-order valence-corrected chi connectivity index (χ4v) is 1.57. The Kier molecular flexibility index (Phi) is 9.09. The molecule has 102 valence electrons. The van der Waals surface area contributed by atoms with Crippen molar-refractivity contribution in [3.05, 3.63) is 0 Å². The van der Waals surface area contributed by atoms with Gasteiger partial charge in [-0.05, 0) is 26.8 Å². The Labute approximate surface area is 106 Å². The summed E-state index contributed by atoms with van der Waals surface area (Å²) in [6.45, 7) is 8.02. The number of unbranched alkanes of at least 4 members (excludes halogenated alkanes) is 1. The fraction of sp³-hybridized carbons (Fsp3) is 0.923. The first-order valence-corrected chi connectivity index (χ1v) is 6.76. The van der Waals surface area contributed by atoms with Crippen LogP contribution in [0, 0.1) is 0 Å². The molecule has 0 saturated heterocycles. The van der Waals surface area contributed by atoms with Gasteiger partial charge < -0.3 is 16.0 Å². The van der Waals surface area contributed by atoms with Gasteiger partial charge in [0.2, 0.25) is 5.91 Å². The molecule has 2 unspecified atom stereocenters. The second-order valence-electron chi connectivity index (χ2n) is 4.78. The number of likely N-dealkylation sites (N-methyl/N-ethyl adjacent to an activating group) is 1. The molecule has 0 bridgehead atoms. The van der Waals surface area contributed by atoms with Gasteiger partial charge in [0, 0.05) is 19.1 Å². The van der Waals surface area contributed by atoms with Crippen LogP contribution in [0.15, 0.2) is 0 Å². The number of nitrogens with two attached hydrogens (primary N) is 1. The van der Waals surface area contributed by atoms with Gasteiger partial charge in [-0.15, -0.1) is 0 Å². The third-order valence-corrected chi connectivity index (χ3v) is 3.31. The molecule has 0 saturated carbocycles. The molecule has 0 rings (SSSR count). The zero-order chi connectivity index (χ0) is 13.3. The van der Waals surface area contributed by atoms with Gasteiger partial charge in [0.25, 0.3) is 0 Å². The molecule has 17 heavy (non-hydrogen) atoms. The second kappa shape index (κ2) is 9.42. The lowest BCUT2D eigenvalue weighted by molar-refractivity contribution is -0.122. The first-order chi connectivity index (χ1) is 8.02. The predicted molar refractivity (Wildman–Crippen MR) is 72.9 cm³/mol. The molecular weight excluding hydrogens is 214 g/mol. The first kappa shape index (κ1) is 16.4. The van der Waals surface area contributed by atoms with E-state index in [0.717, 1.165) is 32.2 Å². The maximum absolute atomic E-state index is 11.6. The van der Waals surface area contributed by atoms with Crippen LogP contribution >= 0.6 is 0 Å². The Bertz CT molecular complexity index is 209. The van der Waals surface area contributed by atoms with Crippen LogP contribution < -0.4 is 11.1 Å². The molecule has 0 spiro atoms. The maximum atomic E-state index is 11.6. The number of carbonyl (C=O) groups excluding carboxylic acids is 1. The van der Waals surface area contributed by atoms with Crippen LogP contribution in [0.5, 0.6) is 0 Å². The van der Waals surface area contributed by atoms with Crippen molar-refractivity contribution in [2.45, 2.75) is 58.5 Å². The lowest BCUT2D eigenvalue weighted by Crippen LogP contribution is -2.44. The Morgan fingerprint density at radius 2 is 2.06 bits per heavy atom. The van der Waals surface area contributed by atoms with E-state index in [4.69, 9.17) is 5.73 Å². The fourth-order valence-electron chi connectivity index (χ4n) is 1.57. The maximum Gasteiger partial charge on any atom is 0.236 e. The molecule has 0 fully saturated rings. The zero-order valence-electron chi connectivity index (χ0n) is 11.8. The third kappa shape index (κ3) is 7.34. The van der Waals surface area contributed by atoms with E-state index in [2.05, 4.69) is 38.0 Å². The van der Waals surface area contributed by atoms with Crippen molar-refractivity contribution in [1.29, 1.82) is 0 Å². The average Bonchev–Trinajstić information content (AvgIpc) is 2.34. The largest absolute Gasteiger partial charge is 0.353 e. The van der Waals surface area contributed by atoms with Gasteiger partial charge in [-0.2, -0.15) is 0 Å². The molecule has 4 nitrogen and oxygen atoms in total. The monoisotopic (exact) mass is 243 g/mol. The van der Waals surface area contributed by atoms with E-state index in [9.17, 15) is 4.79 Å². The number of carbonyl (C=O) groups is 1. The van der Waals surface area contributed by atoms with Crippen molar-refractivity contribution in [3.8, 4) is 0 Å². The summed E-state index contributed by atoms with van der Waals surface area (Å²) >= 11 is 0. The molecule has 3 N–H and O–H groups in total. The van der Waals surface area contributed by atoms with Crippen LogP contribution in [0.1, 0.15) is 46.5 Å². The molecule has 0 aliphatic heterocycles. The molecule has 0 radical (unpaired) electrons. The average molecular weight is 243 g/mol. The third-order valence-electron chi connectivity index (χ3n) is 3.31. The Morgan fingerprint density at radius 3 is 2.59 bits per heavy atom. The number of nitrogens with zero attached hydrogens (tertiary/aromatic N) is 1. The van der Waals surface area contributed by atoms with E-state index in [0.29, 0.717) is 12.6 Å². The van der Waals surface area contributed by atoms with Gasteiger partial charge in [0.1, 0.15) is 0 Å². The van der Waals surface area contributed by atoms with E-state index < -0.39 is 0 Å². The minimum atomic E-state index is -0.344. The van der Waals surface area contributed by atoms with Crippen LogP contribution in [-0.4, -0.2) is 43.0 Å². The molecule has 2 atom stereocenters. The summed E-state index contributed by atoms with van der Waals surface area (Å²) in [5.74, 6) is -0.0176. The lowest BCUT2D eigenvalue weighted by Gasteiger charge is -2.23. The standard InChI is InChI=1S/C13H29N3O/c1-5-7-8-12(14)13(17)15-9-10-16(4)11(3)6-2/h11-12H,5-10,14H2,1-4H3,(H,15,17). The molecule has 0 heterocycles.